The maximum Gasteiger partial charge on any atom is 0.251 e. The van der Waals surface area contributed by atoms with Gasteiger partial charge >= 0.3 is 0 Å². The molecular formula is C11H14N6O4. The third kappa shape index (κ3) is 2.00. The number of aliphatic hydroxyl groups excluding tert-OH is 2. The van der Waals surface area contributed by atoms with Gasteiger partial charge in [0.15, 0.2) is 23.8 Å². The molecule has 0 aliphatic carbocycles. The molecule has 10 heteroatoms. The van der Waals surface area contributed by atoms with Gasteiger partial charge in [-0.25, -0.2) is 15.0 Å². The van der Waals surface area contributed by atoms with Gasteiger partial charge in [-0.1, -0.05) is 0 Å². The first kappa shape index (κ1) is 13.7. The molecular weight excluding hydrogens is 280 g/mol. The van der Waals surface area contributed by atoms with Crippen molar-refractivity contribution in [3.63, 3.8) is 0 Å². The number of likely N-dealkylation sites (N-methyl/N-ethyl adjacent to an activating group) is 1. The molecule has 0 radical (unpaired) electrons. The van der Waals surface area contributed by atoms with Crippen LogP contribution in [0, 0.1) is 0 Å². The third-order valence-corrected chi connectivity index (χ3v) is 3.40. The minimum absolute atomic E-state index is 0.189. The van der Waals surface area contributed by atoms with Crippen LogP contribution < -0.4 is 11.1 Å². The van der Waals surface area contributed by atoms with Crippen LogP contribution in [-0.4, -0.2) is 61.0 Å². The standard InChI is InChI=1S/C11H14N6O4/c1-13-10(20)7-5(18)6(19)11(21-7)17-3-16-4-8(12)14-2-15-9(4)17/h2-3,5-7,11,18-19H,1H3,(H,13,20)(H2,12,14,15)/t5-,6-,7+,11+/m0/s1. The molecule has 0 unspecified atom stereocenters. The number of fused-ring (bicyclic) bond motifs is 1. The summed E-state index contributed by atoms with van der Waals surface area (Å²) in [6.07, 6.45) is -2.22. The summed E-state index contributed by atoms with van der Waals surface area (Å²) in [5, 5.41) is 22.4. The number of anilines is 1. The van der Waals surface area contributed by atoms with Gasteiger partial charge in [-0.2, -0.15) is 0 Å². The van der Waals surface area contributed by atoms with E-state index in [0.717, 1.165) is 0 Å². The van der Waals surface area contributed by atoms with E-state index < -0.39 is 30.4 Å². The van der Waals surface area contributed by atoms with Crippen molar-refractivity contribution in [2.45, 2.75) is 24.5 Å². The van der Waals surface area contributed by atoms with E-state index in [1.54, 1.807) is 0 Å². The van der Waals surface area contributed by atoms with Gasteiger partial charge in [0.2, 0.25) is 0 Å². The number of ether oxygens (including phenoxy) is 1. The summed E-state index contributed by atoms with van der Waals surface area (Å²) >= 11 is 0. The zero-order chi connectivity index (χ0) is 15.1. The first-order valence-electron chi connectivity index (χ1n) is 6.20. The maximum absolute atomic E-state index is 11.6. The van der Waals surface area contributed by atoms with Crippen molar-refractivity contribution < 1.29 is 19.7 Å². The normalized spacial score (nSPS) is 28.9. The third-order valence-electron chi connectivity index (χ3n) is 3.40. The van der Waals surface area contributed by atoms with Crippen LogP contribution in [0.4, 0.5) is 5.82 Å². The fraction of sp³-hybridized carbons (Fsp3) is 0.455. The molecule has 1 aliphatic heterocycles. The van der Waals surface area contributed by atoms with Crippen LogP contribution in [0.3, 0.4) is 0 Å². The van der Waals surface area contributed by atoms with Gasteiger partial charge in [-0.3, -0.25) is 9.36 Å². The van der Waals surface area contributed by atoms with Gasteiger partial charge in [0.25, 0.3) is 5.91 Å². The molecule has 3 heterocycles. The van der Waals surface area contributed by atoms with E-state index in [1.165, 1.54) is 24.3 Å². The van der Waals surface area contributed by atoms with Gasteiger partial charge < -0.3 is 26.0 Å². The van der Waals surface area contributed by atoms with Crippen LogP contribution in [0.2, 0.25) is 0 Å². The van der Waals surface area contributed by atoms with E-state index in [-0.39, 0.29) is 5.82 Å². The average molecular weight is 294 g/mol. The van der Waals surface area contributed by atoms with E-state index in [1.807, 2.05) is 0 Å². The zero-order valence-electron chi connectivity index (χ0n) is 11.0. The number of rotatable bonds is 2. The lowest BCUT2D eigenvalue weighted by Crippen LogP contribution is -2.41. The molecule has 1 fully saturated rings. The van der Waals surface area contributed by atoms with E-state index in [0.29, 0.717) is 11.2 Å². The van der Waals surface area contributed by atoms with Gasteiger partial charge in [-0.05, 0) is 0 Å². The highest BCUT2D eigenvalue weighted by Gasteiger charge is 2.47. The van der Waals surface area contributed by atoms with Crippen LogP contribution in [0.15, 0.2) is 12.7 Å². The van der Waals surface area contributed by atoms with Crippen LogP contribution in [0.25, 0.3) is 11.2 Å². The lowest BCUT2D eigenvalue weighted by molar-refractivity contribution is -0.137. The van der Waals surface area contributed by atoms with E-state index in [4.69, 9.17) is 10.5 Å². The van der Waals surface area contributed by atoms with Crippen molar-refractivity contribution in [1.82, 2.24) is 24.8 Å². The molecule has 1 aliphatic rings. The summed E-state index contributed by atoms with van der Waals surface area (Å²) in [5.41, 5.74) is 6.38. The highest BCUT2D eigenvalue weighted by Crippen LogP contribution is 2.31. The average Bonchev–Trinajstić information content (AvgIpc) is 3.02. The molecule has 0 spiro atoms. The Labute approximate surface area is 118 Å². The predicted octanol–water partition coefficient (Wildman–Crippen LogP) is -2.23. The molecule has 0 bridgehead atoms. The van der Waals surface area contributed by atoms with Crippen molar-refractivity contribution in [2.75, 3.05) is 12.8 Å². The number of nitrogens with one attached hydrogen (secondary N) is 1. The summed E-state index contributed by atoms with van der Waals surface area (Å²) in [6.45, 7) is 0. The number of imidazole rings is 1. The second-order valence-corrected chi connectivity index (χ2v) is 4.63. The van der Waals surface area contributed by atoms with Crippen molar-refractivity contribution in [3.05, 3.63) is 12.7 Å². The van der Waals surface area contributed by atoms with Gasteiger partial charge in [0.1, 0.15) is 24.1 Å². The first-order chi connectivity index (χ1) is 10.0. The molecule has 2 aromatic heterocycles. The highest BCUT2D eigenvalue weighted by molar-refractivity contribution is 5.82. The molecule has 21 heavy (non-hydrogen) atoms. The molecule has 3 rings (SSSR count). The Balaban J connectivity index is 2.00. The second kappa shape index (κ2) is 4.91. The molecule has 5 N–H and O–H groups in total. The largest absolute Gasteiger partial charge is 0.387 e. The van der Waals surface area contributed by atoms with Crippen LogP contribution in [0.5, 0.6) is 0 Å². The zero-order valence-corrected chi connectivity index (χ0v) is 11.0. The van der Waals surface area contributed by atoms with Crippen LogP contribution in [0.1, 0.15) is 6.23 Å². The molecule has 4 atom stereocenters. The second-order valence-electron chi connectivity index (χ2n) is 4.63. The van der Waals surface area contributed by atoms with Gasteiger partial charge in [0.05, 0.1) is 6.33 Å². The Kier molecular flexibility index (Phi) is 3.20. The number of amides is 1. The number of nitrogen functional groups attached to an aromatic ring is 1. The Morgan fingerprint density at radius 1 is 1.38 bits per heavy atom. The predicted molar refractivity (Wildman–Crippen MR) is 69.7 cm³/mol. The van der Waals surface area contributed by atoms with E-state index in [9.17, 15) is 15.0 Å². The number of nitrogens with zero attached hydrogens (tertiary/aromatic N) is 4. The number of aromatic nitrogens is 4. The number of hydrogen-bond acceptors (Lipinski definition) is 8. The molecule has 10 nitrogen and oxygen atoms in total. The highest BCUT2D eigenvalue weighted by atomic mass is 16.6. The minimum Gasteiger partial charge on any atom is -0.387 e. The fourth-order valence-electron chi connectivity index (χ4n) is 2.30. The first-order valence-corrected chi connectivity index (χ1v) is 6.20. The number of hydrogen-bond donors (Lipinski definition) is 4. The molecule has 1 amide bonds. The molecule has 1 saturated heterocycles. The summed E-state index contributed by atoms with van der Waals surface area (Å²) in [5.74, 6) is -0.336. The summed E-state index contributed by atoms with van der Waals surface area (Å²) in [7, 11) is 1.42. The minimum atomic E-state index is -1.36. The monoisotopic (exact) mass is 294 g/mol. The number of aliphatic hydroxyl groups is 2. The number of nitrogens with two attached hydrogens (primary N) is 1. The SMILES string of the molecule is CNC(=O)[C@@H]1O[C@@H](n2cnc3c(N)ncnc32)[C@@H](O)[C@@H]1O. The van der Waals surface area contributed by atoms with Crippen molar-refractivity contribution in [2.24, 2.45) is 0 Å². The van der Waals surface area contributed by atoms with E-state index in [2.05, 4.69) is 20.3 Å². The number of carbonyl (C=O) groups excluding carboxylic acids is 1. The quantitative estimate of drug-likeness (QED) is 0.486. The molecule has 2 aromatic rings. The fourth-order valence-corrected chi connectivity index (χ4v) is 2.30. The molecule has 0 aromatic carbocycles. The Morgan fingerprint density at radius 2 is 2.14 bits per heavy atom. The van der Waals surface area contributed by atoms with Crippen LogP contribution >= 0.6 is 0 Å². The topological polar surface area (TPSA) is 148 Å². The molecule has 0 saturated carbocycles. The lowest BCUT2D eigenvalue weighted by Gasteiger charge is -2.16. The summed E-state index contributed by atoms with van der Waals surface area (Å²) in [4.78, 5) is 23.5. The Hall–Kier alpha value is -2.30. The number of carbonyl (C=O) groups is 1. The lowest BCUT2D eigenvalue weighted by atomic mass is 10.1. The van der Waals surface area contributed by atoms with E-state index >= 15 is 0 Å². The molecule has 112 valence electrons. The summed E-state index contributed by atoms with van der Waals surface area (Å²) < 4.78 is 6.85. The maximum atomic E-state index is 11.6. The van der Waals surface area contributed by atoms with Crippen molar-refractivity contribution in [3.8, 4) is 0 Å². The Bertz CT molecular complexity index is 688. The Morgan fingerprint density at radius 3 is 2.86 bits per heavy atom. The smallest absolute Gasteiger partial charge is 0.251 e. The van der Waals surface area contributed by atoms with Gasteiger partial charge in [0, 0.05) is 7.05 Å². The van der Waals surface area contributed by atoms with Gasteiger partial charge in [-0.15, -0.1) is 0 Å². The summed E-state index contributed by atoms with van der Waals surface area (Å²) in [6, 6.07) is 0. The van der Waals surface area contributed by atoms with Crippen LogP contribution in [-0.2, 0) is 9.53 Å². The van der Waals surface area contributed by atoms with Crippen molar-refractivity contribution in [1.29, 1.82) is 0 Å². The van der Waals surface area contributed by atoms with Crippen molar-refractivity contribution >= 4 is 22.9 Å².